The molecule has 1 aromatic carbocycles. The third kappa shape index (κ3) is 1.61. The number of pyridine rings is 1. The second kappa shape index (κ2) is 3.60. The number of hydrogen-bond donors (Lipinski definition) is 1. The van der Waals surface area contributed by atoms with Gasteiger partial charge in [0.2, 0.25) is 0 Å². The molecule has 2 aromatic rings. The van der Waals surface area contributed by atoms with E-state index in [1.54, 1.807) is 0 Å². The number of halogens is 1. The zero-order valence-corrected chi connectivity index (χ0v) is 8.54. The Labute approximate surface area is 87.9 Å². The fourth-order valence-corrected chi connectivity index (χ4v) is 1.63. The predicted octanol–water partition coefficient (Wildman–Crippen LogP) is 0.639. The Morgan fingerprint density at radius 2 is 2.14 bits per heavy atom. The number of aliphatic hydroxyl groups is 1. The highest BCUT2D eigenvalue weighted by molar-refractivity contribution is 6.33. The average Bonchev–Trinajstić information content (AvgIpc) is 2.17. The minimum Gasteiger partial charge on any atom is -0.392 e. The van der Waals surface area contributed by atoms with Gasteiger partial charge >= 0.3 is 0 Å². The van der Waals surface area contributed by atoms with E-state index in [1.165, 1.54) is 5.46 Å². The number of fused-ring (bicyclic) bond motifs is 1. The van der Waals surface area contributed by atoms with E-state index in [1.807, 2.05) is 32.1 Å². The zero-order chi connectivity index (χ0) is 10.1. The molecule has 0 amide bonds. The first-order valence-corrected chi connectivity index (χ1v) is 4.75. The van der Waals surface area contributed by atoms with Gasteiger partial charge < -0.3 is 5.11 Å². The van der Waals surface area contributed by atoms with E-state index in [9.17, 15) is 0 Å². The monoisotopic (exact) mass is 205 g/mol. The van der Waals surface area contributed by atoms with Crippen LogP contribution in [0.5, 0.6) is 0 Å². The topological polar surface area (TPSA) is 33.1 Å². The molecular formula is C10H9BClNO. The summed E-state index contributed by atoms with van der Waals surface area (Å²) in [5.74, 6) is 0. The standard InChI is InChI=1S/C10H9BClNO/c11-8-1-2-9-6(4-8)3-7(5-14)10(12)13-9/h1-4,14H,5,11H2. The van der Waals surface area contributed by atoms with Crippen LogP contribution in [0.15, 0.2) is 24.3 Å². The van der Waals surface area contributed by atoms with Crippen LogP contribution in [0, 0.1) is 0 Å². The number of rotatable bonds is 1. The van der Waals surface area contributed by atoms with Gasteiger partial charge in [-0.25, -0.2) is 4.98 Å². The lowest BCUT2D eigenvalue weighted by molar-refractivity contribution is 0.281. The third-order valence-electron chi connectivity index (χ3n) is 2.17. The molecule has 1 heterocycles. The molecule has 0 saturated heterocycles. The molecule has 1 N–H and O–H groups in total. The van der Waals surface area contributed by atoms with Crippen molar-refractivity contribution in [2.24, 2.45) is 0 Å². The van der Waals surface area contributed by atoms with E-state index in [-0.39, 0.29) is 6.61 Å². The lowest BCUT2D eigenvalue weighted by Gasteiger charge is -2.03. The van der Waals surface area contributed by atoms with Crippen molar-refractivity contribution in [3.05, 3.63) is 35.0 Å². The number of aromatic nitrogens is 1. The molecule has 0 atom stereocenters. The normalized spacial score (nSPS) is 10.7. The third-order valence-corrected chi connectivity index (χ3v) is 2.49. The Morgan fingerprint density at radius 3 is 2.86 bits per heavy atom. The Balaban J connectivity index is 2.73. The summed E-state index contributed by atoms with van der Waals surface area (Å²) < 4.78 is 0. The molecule has 0 spiro atoms. The maximum absolute atomic E-state index is 9.02. The molecule has 0 unspecified atom stereocenters. The first-order valence-electron chi connectivity index (χ1n) is 4.37. The average molecular weight is 205 g/mol. The maximum atomic E-state index is 9.02. The molecule has 0 bridgehead atoms. The first-order chi connectivity index (χ1) is 6.70. The van der Waals surface area contributed by atoms with Crippen LogP contribution in [0.2, 0.25) is 5.15 Å². The van der Waals surface area contributed by atoms with Crippen molar-refractivity contribution in [2.45, 2.75) is 6.61 Å². The molecule has 0 aliphatic carbocycles. The van der Waals surface area contributed by atoms with Crippen molar-refractivity contribution in [3.63, 3.8) is 0 Å². The summed E-state index contributed by atoms with van der Waals surface area (Å²) in [4.78, 5) is 4.19. The van der Waals surface area contributed by atoms with Crippen molar-refractivity contribution in [2.75, 3.05) is 0 Å². The molecule has 0 aliphatic heterocycles. The molecule has 2 nitrogen and oxygen atoms in total. The van der Waals surface area contributed by atoms with E-state index in [4.69, 9.17) is 16.7 Å². The Morgan fingerprint density at radius 1 is 1.36 bits per heavy atom. The summed E-state index contributed by atoms with van der Waals surface area (Å²) in [6.45, 7) is -0.0737. The van der Waals surface area contributed by atoms with Crippen LogP contribution in [0.25, 0.3) is 10.9 Å². The summed E-state index contributed by atoms with van der Waals surface area (Å²) >= 11 is 5.87. The van der Waals surface area contributed by atoms with Gasteiger partial charge in [0.05, 0.1) is 12.1 Å². The summed E-state index contributed by atoms with van der Waals surface area (Å²) in [5.41, 5.74) is 2.70. The minimum atomic E-state index is -0.0737. The Kier molecular flexibility index (Phi) is 2.44. The van der Waals surface area contributed by atoms with Gasteiger partial charge in [0.25, 0.3) is 0 Å². The minimum absolute atomic E-state index is 0.0737. The zero-order valence-electron chi connectivity index (χ0n) is 7.79. The Hall–Kier alpha value is -1.06. The molecule has 2 rings (SSSR count). The summed E-state index contributed by atoms with van der Waals surface area (Å²) in [6.07, 6.45) is 0. The predicted molar refractivity (Wildman–Crippen MR) is 60.9 cm³/mol. The van der Waals surface area contributed by atoms with Gasteiger partial charge in [-0.1, -0.05) is 29.2 Å². The van der Waals surface area contributed by atoms with Crippen LogP contribution in [-0.4, -0.2) is 17.9 Å². The van der Waals surface area contributed by atoms with Crippen molar-refractivity contribution >= 4 is 35.8 Å². The molecule has 0 radical (unpaired) electrons. The highest BCUT2D eigenvalue weighted by atomic mass is 35.5. The van der Waals surface area contributed by atoms with Crippen molar-refractivity contribution in [1.82, 2.24) is 4.98 Å². The fourth-order valence-electron chi connectivity index (χ4n) is 1.43. The van der Waals surface area contributed by atoms with Crippen LogP contribution < -0.4 is 5.46 Å². The van der Waals surface area contributed by atoms with Crippen LogP contribution >= 0.6 is 11.6 Å². The lowest BCUT2D eigenvalue weighted by atomic mass is 9.94. The van der Waals surface area contributed by atoms with Crippen LogP contribution in [-0.2, 0) is 6.61 Å². The smallest absolute Gasteiger partial charge is 0.139 e. The van der Waals surface area contributed by atoms with Crippen LogP contribution in [0.3, 0.4) is 0 Å². The molecule has 0 aliphatic rings. The van der Waals surface area contributed by atoms with Gasteiger partial charge in [0.1, 0.15) is 13.0 Å². The van der Waals surface area contributed by atoms with E-state index in [0.29, 0.717) is 10.7 Å². The van der Waals surface area contributed by atoms with Gasteiger partial charge in [-0.2, -0.15) is 0 Å². The highest BCUT2D eigenvalue weighted by Crippen LogP contribution is 2.19. The number of nitrogens with zero attached hydrogens (tertiary/aromatic N) is 1. The highest BCUT2D eigenvalue weighted by Gasteiger charge is 2.03. The summed E-state index contributed by atoms with van der Waals surface area (Å²) in [6, 6.07) is 7.82. The van der Waals surface area contributed by atoms with Gasteiger partial charge in [-0.05, 0) is 12.1 Å². The van der Waals surface area contributed by atoms with Crippen LogP contribution in [0.4, 0.5) is 0 Å². The number of benzene rings is 1. The van der Waals surface area contributed by atoms with Crippen LogP contribution in [0.1, 0.15) is 5.56 Å². The molecule has 14 heavy (non-hydrogen) atoms. The quantitative estimate of drug-likeness (QED) is 0.547. The second-order valence-electron chi connectivity index (χ2n) is 3.29. The fraction of sp³-hybridized carbons (Fsp3) is 0.100. The van der Waals surface area contributed by atoms with Gasteiger partial charge in [-0.3, -0.25) is 0 Å². The van der Waals surface area contributed by atoms with E-state index in [0.717, 1.165) is 10.9 Å². The van der Waals surface area contributed by atoms with Crippen molar-refractivity contribution in [3.8, 4) is 0 Å². The molecule has 4 heteroatoms. The van der Waals surface area contributed by atoms with Crippen molar-refractivity contribution in [1.29, 1.82) is 0 Å². The summed E-state index contributed by atoms with van der Waals surface area (Å²) in [7, 11) is 2.02. The second-order valence-corrected chi connectivity index (χ2v) is 3.65. The van der Waals surface area contributed by atoms with Crippen molar-refractivity contribution < 1.29 is 5.11 Å². The lowest BCUT2D eigenvalue weighted by Crippen LogP contribution is -2.01. The molecule has 0 saturated carbocycles. The van der Waals surface area contributed by atoms with Gasteiger partial charge in [0.15, 0.2) is 0 Å². The number of hydrogen-bond acceptors (Lipinski definition) is 2. The summed E-state index contributed by atoms with van der Waals surface area (Å²) in [5, 5.41) is 10.4. The SMILES string of the molecule is Bc1ccc2nc(Cl)c(CO)cc2c1. The Bertz CT molecular complexity index is 487. The van der Waals surface area contributed by atoms with Gasteiger partial charge in [-0.15, -0.1) is 0 Å². The molecule has 0 fully saturated rings. The molecule has 1 aromatic heterocycles. The van der Waals surface area contributed by atoms with Gasteiger partial charge in [0, 0.05) is 10.9 Å². The largest absolute Gasteiger partial charge is 0.392 e. The van der Waals surface area contributed by atoms with E-state index in [2.05, 4.69) is 4.98 Å². The number of aliphatic hydroxyl groups excluding tert-OH is 1. The van der Waals surface area contributed by atoms with E-state index >= 15 is 0 Å². The first kappa shape index (κ1) is 9.50. The molecule has 70 valence electrons. The molecular weight excluding hydrogens is 196 g/mol. The van der Waals surface area contributed by atoms with E-state index < -0.39 is 0 Å². The maximum Gasteiger partial charge on any atom is 0.139 e.